The van der Waals surface area contributed by atoms with E-state index in [4.69, 9.17) is 14.0 Å². The van der Waals surface area contributed by atoms with Gasteiger partial charge in [-0.1, -0.05) is 18.2 Å². The molecule has 0 radical (unpaired) electrons. The Labute approximate surface area is 192 Å². The normalized spacial score (nSPS) is 10.8. The minimum absolute atomic E-state index is 0.0382. The number of halogens is 1. The van der Waals surface area contributed by atoms with Gasteiger partial charge in [0.05, 0.1) is 11.3 Å². The molecule has 0 unspecified atom stereocenters. The summed E-state index contributed by atoms with van der Waals surface area (Å²) in [4.78, 5) is 41.3. The summed E-state index contributed by atoms with van der Waals surface area (Å²) in [6.07, 6.45) is 0. The number of nitrogens with one attached hydrogen (secondary N) is 1. The number of aryl methyl sites for hydroxylation is 1. The smallest absolute Gasteiger partial charge is 0.338 e. The zero-order valence-corrected chi connectivity index (χ0v) is 18.3. The number of para-hydroxylation sites is 1. The van der Waals surface area contributed by atoms with Gasteiger partial charge in [-0.05, 0) is 43.7 Å². The molecule has 34 heavy (non-hydrogen) atoms. The van der Waals surface area contributed by atoms with E-state index in [1.165, 1.54) is 24.3 Å². The summed E-state index contributed by atoms with van der Waals surface area (Å²) >= 11 is 0. The number of ether oxygens (including phenoxy) is 2. The molecule has 2 heterocycles. The number of benzene rings is 2. The third kappa shape index (κ3) is 4.96. The molecule has 2 aromatic carbocycles. The van der Waals surface area contributed by atoms with Crippen molar-refractivity contribution in [2.24, 2.45) is 0 Å². The van der Waals surface area contributed by atoms with E-state index in [0.29, 0.717) is 22.7 Å². The first-order valence-electron chi connectivity index (χ1n) is 10.3. The fourth-order valence-electron chi connectivity index (χ4n) is 3.25. The van der Waals surface area contributed by atoms with Gasteiger partial charge in [0.2, 0.25) is 0 Å². The van der Waals surface area contributed by atoms with Crippen LogP contribution in [-0.4, -0.2) is 28.0 Å². The van der Waals surface area contributed by atoms with Crippen molar-refractivity contribution in [1.82, 2.24) is 9.56 Å². The van der Waals surface area contributed by atoms with Gasteiger partial charge in [-0.3, -0.25) is 9.59 Å². The Morgan fingerprint density at radius 1 is 1.12 bits per heavy atom. The number of hydrogen-bond donors (Lipinski definition) is 1. The Morgan fingerprint density at radius 2 is 1.91 bits per heavy atom. The van der Waals surface area contributed by atoms with Crippen LogP contribution in [0.2, 0.25) is 0 Å². The number of anilines is 1. The van der Waals surface area contributed by atoms with E-state index in [1.807, 2.05) is 0 Å². The van der Waals surface area contributed by atoms with Gasteiger partial charge >= 0.3 is 5.97 Å². The number of amides is 1. The number of carbonyl (C=O) groups is 2. The molecule has 0 atom stereocenters. The molecule has 0 fully saturated rings. The first kappa shape index (κ1) is 22.7. The molecular weight excluding hydrogens is 445 g/mol. The van der Waals surface area contributed by atoms with E-state index in [1.54, 1.807) is 44.2 Å². The summed E-state index contributed by atoms with van der Waals surface area (Å²) in [5.41, 5.74) is 1.23. The molecule has 0 bridgehead atoms. The Morgan fingerprint density at radius 3 is 2.71 bits per heavy atom. The fraction of sp³-hybridized carbons (Fsp3) is 0.167. The molecule has 0 aliphatic carbocycles. The minimum Gasteiger partial charge on any atom is -0.481 e. The average Bonchev–Trinajstić information content (AvgIpc) is 3.19. The number of esters is 1. The van der Waals surface area contributed by atoms with Crippen LogP contribution in [0, 0.1) is 19.7 Å². The lowest BCUT2D eigenvalue weighted by Gasteiger charge is -2.13. The Bertz CT molecular complexity index is 1440. The zero-order chi connectivity index (χ0) is 24.2. The maximum atomic E-state index is 13.6. The van der Waals surface area contributed by atoms with Crippen molar-refractivity contribution in [1.29, 1.82) is 0 Å². The van der Waals surface area contributed by atoms with Crippen LogP contribution in [0.25, 0.3) is 5.65 Å². The van der Waals surface area contributed by atoms with Crippen LogP contribution >= 0.6 is 0 Å². The highest BCUT2D eigenvalue weighted by Gasteiger charge is 2.16. The van der Waals surface area contributed by atoms with Gasteiger partial charge in [0.15, 0.2) is 23.8 Å². The largest absolute Gasteiger partial charge is 0.481 e. The van der Waals surface area contributed by atoms with Crippen molar-refractivity contribution in [3.8, 4) is 5.75 Å². The molecule has 9 nitrogen and oxygen atoms in total. The van der Waals surface area contributed by atoms with E-state index >= 15 is 0 Å². The van der Waals surface area contributed by atoms with Crippen LogP contribution in [0.4, 0.5) is 10.1 Å². The molecule has 0 saturated carbocycles. The van der Waals surface area contributed by atoms with Crippen molar-refractivity contribution in [2.45, 2.75) is 20.5 Å². The summed E-state index contributed by atoms with van der Waals surface area (Å²) in [5, 5.41) is 2.64. The number of rotatable bonds is 7. The molecule has 0 aliphatic heterocycles. The van der Waals surface area contributed by atoms with Gasteiger partial charge in [0.25, 0.3) is 11.5 Å². The summed E-state index contributed by atoms with van der Waals surface area (Å²) in [6, 6.07) is 13.3. The van der Waals surface area contributed by atoms with E-state index in [0.717, 1.165) is 4.57 Å². The van der Waals surface area contributed by atoms with Crippen LogP contribution < -0.4 is 15.6 Å². The second-order valence-electron chi connectivity index (χ2n) is 7.41. The minimum atomic E-state index is -0.651. The molecule has 4 rings (SSSR count). The van der Waals surface area contributed by atoms with Gasteiger partial charge in [-0.2, -0.15) is 0 Å². The molecule has 0 spiro atoms. The Kier molecular flexibility index (Phi) is 6.39. The molecule has 0 saturated heterocycles. The lowest BCUT2D eigenvalue weighted by molar-refractivity contribution is -0.118. The summed E-state index contributed by atoms with van der Waals surface area (Å²) in [7, 11) is 0. The van der Waals surface area contributed by atoms with E-state index in [2.05, 4.69) is 10.3 Å². The third-order valence-corrected chi connectivity index (χ3v) is 4.90. The Hall–Kier alpha value is -4.47. The van der Waals surface area contributed by atoms with Gasteiger partial charge < -0.3 is 19.3 Å². The fourth-order valence-corrected chi connectivity index (χ4v) is 3.25. The highest BCUT2D eigenvalue weighted by atomic mass is 19.1. The summed E-state index contributed by atoms with van der Waals surface area (Å²) < 4.78 is 30.4. The topological polar surface area (TPSA) is 112 Å². The van der Waals surface area contributed by atoms with Crippen LogP contribution in [0.3, 0.4) is 0 Å². The molecular formula is C24H20FN3O6. The predicted octanol–water partition coefficient (Wildman–Crippen LogP) is 3.42. The van der Waals surface area contributed by atoms with Crippen molar-refractivity contribution in [2.75, 3.05) is 11.9 Å². The molecule has 4 aromatic rings. The zero-order valence-electron chi connectivity index (χ0n) is 18.3. The maximum Gasteiger partial charge on any atom is 0.338 e. The second-order valence-corrected chi connectivity index (χ2v) is 7.41. The highest BCUT2D eigenvalue weighted by Crippen LogP contribution is 2.21. The van der Waals surface area contributed by atoms with Crippen LogP contribution in [-0.2, 0) is 16.1 Å². The van der Waals surface area contributed by atoms with E-state index in [9.17, 15) is 18.8 Å². The second kappa shape index (κ2) is 9.57. The Balaban J connectivity index is 1.40. The van der Waals surface area contributed by atoms with Gasteiger partial charge in [0.1, 0.15) is 12.4 Å². The first-order chi connectivity index (χ1) is 16.3. The van der Waals surface area contributed by atoms with Crippen molar-refractivity contribution < 1.29 is 28.0 Å². The van der Waals surface area contributed by atoms with Crippen molar-refractivity contribution in [3.63, 3.8) is 0 Å². The highest BCUT2D eigenvalue weighted by molar-refractivity contribution is 5.97. The lowest BCUT2D eigenvalue weighted by Crippen LogP contribution is -2.21. The first-order valence-corrected chi connectivity index (χ1v) is 10.3. The monoisotopic (exact) mass is 465 g/mol. The average molecular weight is 465 g/mol. The number of aromatic nitrogens is 2. The maximum absolute atomic E-state index is 13.6. The molecule has 1 N–H and O–H groups in total. The van der Waals surface area contributed by atoms with Gasteiger partial charge in [-0.15, -0.1) is 4.57 Å². The summed E-state index contributed by atoms with van der Waals surface area (Å²) in [6.45, 7) is 2.71. The quantitative estimate of drug-likeness (QED) is 0.416. The molecule has 174 valence electrons. The molecule has 0 aliphatic rings. The van der Waals surface area contributed by atoms with E-state index in [-0.39, 0.29) is 23.6 Å². The van der Waals surface area contributed by atoms with Gasteiger partial charge in [0, 0.05) is 17.8 Å². The standard InChI is InChI=1S/C24H20FN3O6/c1-14-10-21-26-16(11-23(30)28(21)34-14)12-33-24(31)17-6-5-8-19(15(17)2)27-22(29)13-32-20-9-4-3-7-18(20)25/h3-11H,12-13H2,1-2H3,(H,27,29). The summed E-state index contributed by atoms with van der Waals surface area (Å²) in [5.74, 6) is -1.27. The third-order valence-electron chi connectivity index (χ3n) is 4.90. The number of fused-ring (bicyclic) bond motifs is 1. The predicted molar refractivity (Wildman–Crippen MR) is 119 cm³/mol. The van der Waals surface area contributed by atoms with Crippen LogP contribution in [0.5, 0.6) is 5.75 Å². The number of carbonyl (C=O) groups excluding carboxylic acids is 2. The van der Waals surface area contributed by atoms with Crippen LogP contribution in [0.15, 0.2) is 63.9 Å². The molecule has 10 heteroatoms. The SMILES string of the molecule is Cc1cc2nc(COC(=O)c3cccc(NC(=O)COc4ccccc4F)c3C)cc(=O)n2o1. The van der Waals surface area contributed by atoms with E-state index < -0.39 is 29.9 Å². The molecule has 2 aromatic heterocycles. The van der Waals surface area contributed by atoms with Crippen molar-refractivity contribution >= 4 is 23.2 Å². The lowest BCUT2D eigenvalue weighted by atomic mass is 10.1. The molecule has 1 amide bonds. The van der Waals surface area contributed by atoms with Gasteiger partial charge in [-0.25, -0.2) is 14.2 Å². The van der Waals surface area contributed by atoms with Crippen molar-refractivity contribution in [3.05, 3.63) is 93.3 Å². The number of hydrogen-bond acceptors (Lipinski definition) is 7. The van der Waals surface area contributed by atoms with Crippen LogP contribution in [0.1, 0.15) is 27.4 Å². The number of nitrogens with zero attached hydrogens (tertiary/aromatic N) is 2.